The number of fused-ring (bicyclic) bond motifs is 1. The van der Waals surface area contributed by atoms with Crippen molar-refractivity contribution >= 4 is 11.0 Å². The lowest BCUT2D eigenvalue weighted by Gasteiger charge is -2.09. The third kappa shape index (κ3) is 2.73. The average molecular weight is 362 g/mol. The fourth-order valence-corrected chi connectivity index (χ4v) is 2.69. The quantitative estimate of drug-likeness (QED) is 0.435. The molecular weight excluding hydrogens is 352 g/mol. The van der Waals surface area contributed by atoms with Crippen LogP contribution in [0, 0.1) is 12.7 Å². The highest BCUT2D eigenvalue weighted by Crippen LogP contribution is 2.38. The molecule has 0 amide bonds. The van der Waals surface area contributed by atoms with Gasteiger partial charge in [0.1, 0.15) is 11.4 Å². The number of alkyl halides is 3. The first kappa shape index (κ1) is 16.3. The lowest BCUT2D eigenvalue weighted by molar-refractivity contribution is -0.137. The van der Waals surface area contributed by atoms with Gasteiger partial charge in [-0.1, -0.05) is 0 Å². The summed E-state index contributed by atoms with van der Waals surface area (Å²) < 4.78 is 63.9. The minimum atomic E-state index is -4.57. The van der Waals surface area contributed by atoms with E-state index in [1.807, 2.05) is 0 Å². The maximum absolute atomic E-state index is 14.2. The summed E-state index contributed by atoms with van der Waals surface area (Å²) in [5.41, 5.74) is 0.0241. The van der Waals surface area contributed by atoms with Gasteiger partial charge in [0.2, 0.25) is 11.8 Å². The molecule has 0 saturated heterocycles. The van der Waals surface area contributed by atoms with Crippen molar-refractivity contribution in [2.45, 2.75) is 13.1 Å². The Kier molecular flexibility index (Phi) is 3.57. The number of hydrogen-bond donors (Lipinski definition) is 0. The van der Waals surface area contributed by atoms with E-state index in [4.69, 9.17) is 8.83 Å². The van der Waals surface area contributed by atoms with Crippen LogP contribution < -0.4 is 0 Å². The van der Waals surface area contributed by atoms with Gasteiger partial charge in [-0.3, -0.25) is 0 Å². The van der Waals surface area contributed by atoms with Crippen molar-refractivity contribution in [3.8, 4) is 22.6 Å². The van der Waals surface area contributed by atoms with E-state index in [-0.39, 0.29) is 17.0 Å². The van der Waals surface area contributed by atoms with E-state index in [0.717, 1.165) is 12.1 Å². The van der Waals surface area contributed by atoms with Crippen LogP contribution in [0.15, 0.2) is 51.5 Å². The first-order valence-corrected chi connectivity index (χ1v) is 7.52. The van der Waals surface area contributed by atoms with Gasteiger partial charge >= 0.3 is 6.18 Å². The smallest absolute Gasteiger partial charge is 0.416 e. The number of hydrogen-bond acceptors (Lipinski definition) is 4. The van der Waals surface area contributed by atoms with Crippen molar-refractivity contribution in [2.75, 3.05) is 0 Å². The zero-order valence-corrected chi connectivity index (χ0v) is 13.3. The molecule has 8 heteroatoms. The summed E-state index contributed by atoms with van der Waals surface area (Å²) >= 11 is 0. The number of benzene rings is 2. The minimum absolute atomic E-state index is 0.197. The van der Waals surface area contributed by atoms with Gasteiger partial charge in [0.15, 0.2) is 0 Å². The van der Waals surface area contributed by atoms with Crippen LogP contribution in [0.4, 0.5) is 17.6 Å². The molecule has 2 aromatic heterocycles. The van der Waals surface area contributed by atoms with Crippen LogP contribution in [0.3, 0.4) is 0 Å². The van der Waals surface area contributed by atoms with E-state index < -0.39 is 17.6 Å². The van der Waals surface area contributed by atoms with E-state index >= 15 is 0 Å². The van der Waals surface area contributed by atoms with E-state index in [0.29, 0.717) is 28.5 Å². The molecule has 0 aliphatic rings. The van der Waals surface area contributed by atoms with Crippen LogP contribution >= 0.6 is 0 Å². The number of aromatic nitrogens is 2. The third-order valence-electron chi connectivity index (χ3n) is 3.93. The first-order chi connectivity index (χ1) is 12.3. The largest absolute Gasteiger partial charge is 0.464 e. The van der Waals surface area contributed by atoms with Crippen molar-refractivity contribution in [1.82, 2.24) is 10.2 Å². The Hall–Kier alpha value is -3.16. The van der Waals surface area contributed by atoms with Gasteiger partial charge in [0.25, 0.3) is 0 Å². The molecule has 26 heavy (non-hydrogen) atoms. The second-order valence-electron chi connectivity index (χ2n) is 5.68. The summed E-state index contributed by atoms with van der Waals surface area (Å²) in [7, 11) is 0. The molecule has 0 fully saturated rings. The summed E-state index contributed by atoms with van der Waals surface area (Å²) in [6.07, 6.45) is -3.35. The third-order valence-corrected chi connectivity index (χ3v) is 3.93. The molecule has 0 unspecified atom stereocenters. The second kappa shape index (κ2) is 5.69. The number of furan rings is 1. The maximum Gasteiger partial charge on any atom is 0.416 e. The summed E-state index contributed by atoms with van der Waals surface area (Å²) in [6.45, 7) is 1.64. The van der Waals surface area contributed by atoms with Gasteiger partial charge in [-0.15, -0.1) is 10.2 Å². The van der Waals surface area contributed by atoms with Crippen LogP contribution in [0.5, 0.6) is 0 Å². The number of rotatable bonds is 2. The molecule has 0 spiro atoms. The Balaban J connectivity index is 1.90. The molecule has 0 saturated carbocycles. The van der Waals surface area contributed by atoms with Crippen molar-refractivity contribution in [1.29, 1.82) is 0 Å². The summed E-state index contributed by atoms with van der Waals surface area (Å²) in [5, 5.41) is 8.08. The van der Waals surface area contributed by atoms with Gasteiger partial charge in [0, 0.05) is 29.0 Å². The molecule has 0 radical (unpaired) electrons. The number of nitrogens with zero attached hydrogens (tertiary/aromatic N) is 2. The second-order valence-corrected chi connectivity index (χ2v) is 5.68. The SMILES string of the molecule is Cc1nnc(-c2ccc3occ(-c4cc(C(F)(F)F)ccc4F)c3c2)o1. The lowest BCUT2D eigenvalue weighted by atomic mass is 10.0. The molecule has 4 rings (SSSR count). The summed E-state index contributed by atoms with van der Waals surface area (Å²) in [4.78, 5) is 0. The molecule has 132 valence electrons. The molecule has 0 N–H and O–H groups in total. The number of halogens is 4. The van der Waals surface area contributed by atoms with Gasteiger partial charge in [-0.2, -0.15) is 13.2 Å². The molecule has 4 nitrogen and oxygen atoms in total. The maximum atomic E-state index is 14.2. The molecule has 0 aliphatic heterocycles. The summed E-state index contributed by atoms with van der Waals surface area (Å²) in [5.74, 6) is -0.155. The van der Waals surface area contributed by atoms with Crippen molar-refractivity contribution in [2.24, 2.45) is 0 Å². The van der Waals surface area contributed by atoms with E-state index in [2.05, 4.69) is 10.2 Å². The van der Waals surface area contributed by atoms with E-state index in [9.17, 15) is 17.6 Å². The van der Waals surface area contributed by atoms with E-state index in [1.54, 1.807) is 25.1 Å². The number of aryl methyl sites for hydroxylation is 1. The predicted molar refractivity (Wildman–Crippen MR) is 84.6 cm³/mol. The Morgan fingerprint density at radius 1 is 0.962 bits per heavy atom. The fourth-order valence-electron chi connectivity index (χ4n) is 2.69. The molecular formula is C18H10F4N2O2. The molecule has 4 aromatic rings. The molecule has 2 heterocycles. The monoisotopic (exact) mass is 362 g/mol. The average Bonchev–Trinajstić information content (AvgIpc) is 3.20. The van der Waals surface area contributed by atoms with Crippen LogP contribution in [-0.4, -0.2) is 10.2 Å². The van der Waals surface area contributed by atoms with Crippen LogP contribution in [0.2, 0.25) is 0 Å². The highest BCUT2D eigenvalue weighted by molar-refractivity contribution is 5.96. The van der Waals surface area contributed by atoms with Crippen LogP contribution in [0.25, 0.3) is 33.6 Å². The first-order valence-electron chi connectivity index (χ1n) is 7.52. The minimum Gasteiger partial charge on any atom is -0.464 e. The van der Waals surface area contributed by atoms with E-state index in [1.165, 1.54) is 6.26 Å². The van der Waals surface area contributed by atoms with Crippen LogP contribution in [-0.2, 0) is 6.18 Å². The molecule has 2 aromatic carbocycles. The lowest BCUT2D eigenvalue weighted by Crippen LogP contribution is -2.05. The molecule has 0 bridgehead atoms. The highest BCUT2D eigenvalue weighted by Gasteiger charge is 2.31. The van der Waals surface area contributed by atoms with Gasteiger partial charge < -0.3 is 8.83 Å². The summed E-state index contributed by atoms with van der Waals surface area (Å²) in [6, 6.07) is 7.16. The Morgan fingerprint density at radius 3 is 2.46 bits per heavy atom. The molecule has 0 atom stereocenters. The van der Waals surface area contributed by atoms with Crippen LogP contribution in [0.1, 0.15) is 11.5 Å². The van der Waals surface area contributed by atoms with Gasteiger partial charge in [-0.05, 0) is 36.4 Å². The Bertz CT molecular complexity index is 1110. The van der Waals surface area contributed by atoms with Crippen molar-refractivity contribution in [3.63, 3.8) is 0 Å². The predicted octanol–water partition coefficient (Wildman–Crippen LogP) is 5.62. The zero-order chi connectivity index (χ0) is 18.5. The zero-order valence-electron chi connectivity index (χ0n) is 13.3. The Labute approximate surface area is 144 Å². The van der Waals surface area contributed by atoms with Crippen molar-refractivity contribution in [3.05, 3.63) is 59.9 Å². The normalized spacial score (nSPS) is 12.0. The van der Waals surface area contributed by atoms with Gasteiger partial charge in [-0.25, -0.2) is 4.39 Å². The van der Waals surface area contributed by atoms with Crippen molar-refractivity contribution < 1.29 is 26.4 Å². The Morgan fingerprint density at radius 2 is 1.77 bits per heavy atom. The molecule has 0 aliphatic carbocycles. The van der Waals surface area contributed by atoms with Gasteiger partial charge in [0.05, 0.1) is 11.8 Å². The standard InChI is InChI=1S/C18H10F4N2O2/c1-9-23-24-17(26-9)10-2-5-16-13(6-10)14(8-25-16)12-7-11(18(20,21)22)3-4-15(12)19/h2-8H,1H3. The highest BCUT2D eigenvalue weighted by atomic mass is 19.4. The topological polar surface area (TPSA) is 52.1 Å². The fraction of sp³-hybridized carbons (Fsp3) is 0.111.